The normalized spacial score (nSPS) is 15.5. The summed E-state index contributed by atoms with van der Waals surface area (Å²) in [6.45, 7) is 3.16. The molecule has 2 aromatic carbocycles. The van der Waals surface area contributed by atoms with Gasteiger partial charge in [0, 0.05) is 37.7 Å². The van der Waals surface area contributed by atoms with Gasteiger partial charge < -0.3 is 14.8 Å². The highest BCUT2D eigenvalue weighted by Gasteiger charge is 2.30. The second-order valence-corrected chi connectivity index (χ2v) is 9.76. The molecule has 1 amide bonds. The van der Waals surface area contributed by atoms with E-state index in [4.69, 9.17) is 9.47 Å². The Balaban J connectivity index is 1.49. The maximum atomic E-state index is 12.8. The van der Waals surface area contributed by atoms with Gasteiger partial charge in [-0.2, -0.15) is 4.31 Å². The van der Waals surface area contributed by atoms with Gasteiger partial charge in [-0.1, -0.05) is 17.7 Å². The molecule has 0 bridgehead atoms. The van der Waals surface area contributed by atoms with Gasteiger partial charge in [0.1, 0.15) is 11.5 Å². The number of nitrogens with one attached hydrogen (secondary N) is 1. The van der Waals surface area contributed by atoms with E-state index in [1.165, 1.54) is 4.31 Å². The van der Waals surface area contributed by atoms with Gasteiger partial charge in [0.15, 0.2) is 0 Å². The van der Waals surface area contributed by atoms with Gasteiger partial charge in [-0.15, -0.1) is 0 Å². The predicted octanol–water partition coefficient (Wildman–Crippen LogP) is 3.12. The number of piperidine rings is 1. The molecule has 1 fully saturated rings. The molecule has 1 aliphatic rings. The molecule has 31 heavy (non-hydrogen) atoms. The first-order valence-corrected chi connectivity index (χ1v) is 11.8. The van der Waals surface area contributed by atoms with Crippen molar-refractivity contribution in [3.05, 3.63) is 53.6 Å². The van der Waals surface area contributed by atoms with Crippen molar-refractivity contribution < 1.29 is 22.7 Å². The Morgan fingerprint density at radius 2 is 1.74 bits per heavy atom. The standard InChI is InChI=1S/C23H30N2O5S/c1-17-4-8-21(9-5-17)31(27,28)25-12-10-18(11-13-25)14-23(26)24-16-19-6-7-20(29-2)15-22(19)30-3/h4-9,15,18H,10-14,16H2,1-3H3,(H,24,26). The highest BCUT2D eigenvalue weighted by Crippen LogP contribution is 2.27. The van der Waals surface area contributed by atoms with Crippen molar-refractivity contribution in [2.45, 2.75) is 37.6 Å². The Morgan fingerprint density at radius 1 is 1.06 bits per heavy atom. The van der Waals surface area contributed by atoms with Crippen LogP contribution in [0.1, 0.15) is 30.4 Å². The van der Waals surface area contributed by atoms with Crippen LogP contribution in [0.5, 0.6) is 11.5 Å². The first kappa shape index (κ1) is 23.1. The number of hydrogen-bond donors (Lipinski definition) is 1. The number of benzene rings is 2. The summed E-state index contributed by atoms with van der Waals surface area (Å²) in [4.78, 5) is 12.8. The highest BCUT2D eigenvalue weighted by atomic mass is 32.2. The largest absolute Gasteiger partial charge is 0.497 e. The average Bonchev–Trinajstić information content (AvgIpc) is 2.78. The fourth-order valence-electron chi connectivity index (χ4n) is 3.74. The Labute approximate surface area is 184 Å². The molecule has 1 aliphatic heterocycles. The van der Waals surface area contributed by atoms with Crippen molar-refractivity contribution >= 4 is 15.9 Å². The lowest BCUT2D eigenvalue weighted by atomic mass is 9.94. The second-order valence-electron chi connectivity index (χ2n) is 7.82. The van der Waals surface area contributed by atoms with Crippen molar-refractivity contribution in [2.75, 3.05) is 27.3 Å². The van der Waals surface area contributed by atoms with E-state index in [-0.39, 0.29) is 11.8 Å². The molecule has 0 radical (unpaired) electrons. The number of methoxy groups -OCH3 is 2. The number of aryl methyl sites for hydroxylation is 1. The summed E-state index contributed by atoms with van der Waals surface area (Å²) in [6, 6.07) is 12.4. The predicted molar refractivity (Wildman–Crippen MR) is 119 cm³/mol. The van der Waals surface area contributed by atoms with Crippen molar-refractivity contribution in [1.29, 1.82) is 0 Å². The summed E-state index contributed by atoms with van der Waals surface area (Å²) < 4.78 is 37.7. The lowest BCUT2D eigenvalue weighted by Crippen LogP contribution is -2.39. The molecular weight excluding hydrogens is 416 g/mol. The van der Waals surface area contributed by atoms with Crippen LogP contribution in [0.2, 0.25) is 0 Å². The molecule has 7 nitrogen and oxygen atoms in total. The van der Waals surface area contributed by atoms with E-state index in [2.05, 4.69) is 5.32 Å². The monoisotopic (exact) mass is 446 g/mol. The number of rotatable bonds is 8. The zero-order chi connectivity index (χ0) is 22.4. The summed E-state index contributed by atoms with van der Waals surface area (Å²) in [6.07, 6.45) is 1.73. The second kappa shape index (κ2) is 10.2. The molecule has 1 N–H and O–H groups in total. The Morgan fingerprint density at radius 3 is 2.35 bits per heavy atom. The van der Waals surface area contributed by atoms with Crippen molar-refractivity contribution in [3.63, 3.8) is 0 Å². The third-order valence-electron chi connectivity index (χ3n) is 5.68. The van der Waals surface area contributed by atoms with E-state index in [1.807, 2.05) is 31.2 Å². The van der Waals surface area contributed by atoms with Gasteiger partial charge in [0.05, 0.1) is 19.1 Å². The molecule has 168 valence electrons. The molecule has 0 spiro atoms. The molecule has 2 aromatic rings. The van der Waals surface area contributed by atoms with Gasteiger partial charge in [-0.05, 0) is 49.9 Å². The molecule has 0 saturated carbocycles. The number of sulfonamides is 1. The van der Waals surface area contributed by atoms with Crippen LogP contribution in [-0.4, -0.2) is 45.9 Å². The third-order valence-corrected chi connectivity index (χ3v) is 7.59. The van der Waals surface area contributed by atoms with Crippen LogP contribution in [0.15, 0.2) is 47.4 Å². The summed E-state index contributed by atoms with van der Waals surface area (Å²) >= 11 is 0. The topological polar surface area (TPSA) is 84.9 Å². The fraction of sp³-hybridized carbons (Fsp3) is 0.435. The lowest BCUT2D eigenvalue weighted by Gasteiger charge is -2.31. The summed E-state index contributed by atoms with van der Waals surface area (Å²) in [7, 11) is -0.309. The van der Waals surface area contributed by atoms with Crippen LogP contribution in [0, 0.1) is 12.8 Å². The maximum Gasteiger partial charge on any atom is 0.243 e. The van der Waals surface area contributed by atoms with Crippen LogP contribution in [0.4, 0.5) is 0 Å². The first-order valence-electron chi connectivity index (χ1n) is 10.4. The number of nitrogens with zero attached hydrogens (tertiary/aromatic N) is 1. The number of carbonyl (C=O) groups excluding carboxylic acids is 1. The number of hydrogen-bond acceptors (Lipinski definition) is 5. The zero-order valence-electron chi connectivity index (χ0n) is 18.3. The van der Waals surface area contributed by atoms with Gasteiger partial charge in [0.2, 0.25) is 15.9 Å². The van der Waals surface area contributed by atoms with Crippen molar-refractivity contribution in [3.8, 4) is 11.5 Å². The molecular formula is C23H30N2O5S. The molecule has 3 rings (SSSR count). The highest BCUT2D eigenvalue weighted by molar-refractivity contribution is 7.89. The van der Waals surface area contributed by atoms with E-state index in [0.717, 1.165) is 11.1 Å². The van der Waals surface area contributed by atoms with Gasteiger partial charge in [0.25, 0.3) is 0 Å². The minimum Gasteiger partial charge on any atom is -0.497 e. The van der Waals surface area contributed by atoms with Crippen LogP contribution in [-0.2, 0) is 21.4 Å². The van der Waals surface area contributed by atoms with Crippen LogP contribution in [0.3, 0.4) is 0 Å². The minimum atomic E-state index is -3.48. The summed E-state index contributed by atoms with van der Waals surface area (Å²) in [5.74, 6) is 1.48. The molecule has 0 unspecified atom stereocenters. The quantitative estimate of drug-likeness (QED) is 0.674. The van der Waals surface area contributed by atoms with Crippen molar-refractivity contribution in [1.82, 2.24) is 9.62 Å². The Bertz CT molecular complexity index is 997. The number of amides is 1. The molecule has 0 aliphatic carbocycles. The van der Waals surface area contributed by atoms with E-state index in [1.54, 1.807) is 32.4 Å². The van der Waals surface area contributed by atoms with E-state index in [0.29, 0.717) is 55.3 Å². The Kier molecular flexibility index (Phi) is 7.56. The fourth-order valence-corrected chi connectivity index (χ4v) is 5.21. The van der Waals surface area contributed by atoms with Gasteiger partial charge >= 0.3 is 0 Å². The molecule has 1 heterocycles. The number of carbonyl (C=O) groups is 1. The number of ether oxygens (including phenoxy) is 2. The van der Waals surface area contributed by atoms with E-state index in [9.17, 15) is 13.2 Å². The molecule has 8 heteroatoms. The van der Waals surface area contributed by atoms with E-state index >= 15 is 0 Å². The van der Waals surface area contributed by atoms with Crippen LogP contribution in [0.25, 0.3) is 0 Å². The summed E-state index contributed by atoms with van der Waals surface area (Å²) in [5, 5.41) is 2.94. The molecule has 0 atom stereocenters. The zero-order valence-corrected chi connectivity index (χ0v) is 19.1. The maximum absolute atomic E-state index is 12.8. The minimum absolute atomic E-state index is 0.0438. The van der Waals surface area contributed by atoms with Gasteiger partial charge in [-0.3, -0.25) is 4.79 Å². The van der Waals surface area contributed by atoms with Crippen LogP contribution >= 0.6 is 0 Å². The van der Waals surface area contributed by atoms with E-state index < -0.39 is 10.0 Å². The lowest BCUT2D eigenvalue weighted by molar-refractivity contribution is -0.122. The third kappa shape index (κ3) is 5.77. The Hall–Kier alpha value is -2.58. The smallest absolute Gasteiger partial charge is 0.243 e. The van der Waals surface area contributed by atoms with Crippen molar-refractivity contribution in [2.24, 2.45) is 5.92 Å². The average molecular weight is 447 g/mol. The SMILES string of the molecule is COc1ccc(CNC(=O)CC2CCN(S(=O)(=O)c3ccc(C)cc3)CC2)c(OC)c1. The van der Waals surface area contributed by atoms with Crippen LogP contribution < -0.4 is 14.8 Å². The summed E-state index contributed by atoms with van der Waals surface area (Å²) in [5.41, 5.74) is 1.89. The van der Waals surface area contributed by atoms with Gasteiger partial charge in [-0.25, -0.2) is 8.42 Å². The first-order chi connectivity index (χ1) is 14.8. The molecule has 1 saturated heterocycles. The molecule has 0 aromatic heterocycles.